The summed E-state index contributed by atoms with van der Waals surface area (Å²) in [6.07, 6.45) is 0. The van der Waals surface area contributed by atoms with Gasteiger partial charge in [0.15, 0.2) is 0 Å². The van der Waals surface area contributed by atoms with Crippen molar-refractivity contribution in [3.05, 3.63) is 57.6 Å². The minimum atomic E-state index is 1.01. The molecule has 2 aliphatic rings. The maximum Gasteiger partial charge on any atom is 0.0670 e. The molecular weight excluding hydrogens is 244 g/mol. The summed E-state index contributed by atoms with van der Waals surface area (Å²) in [6, 6.07) is 9.25. The third-order valence-electron chi connectivity index (χ3n) is 4.65. The second kappa shape index (κ2) is 3.78. The SMILES string of the molecule is Cc1cc(C)c2c(c1)N1Cc3c(C)cc(C)cc3N1C2. The monoisotopic (exact) mass is 264 g/mol. The molecule has 0 aliphatic carbocycles. The Kier molecular flexibility index (Phi) is 2.24. The fourth-order valence-electron chi connectivity index (χ4n) is 3.72. The Labute approximate surface area is 120 Å². The molecule has 2 aliphatic heterocycles. The van der Waals surface area contributed by atoms with Gasteiger partial charge < -0.3 is 0 Å². The third-order valence-corrected chi connectivity index (χ3v) is 4.65. The first-order chi connectivity index (χ1) is 9.54. The molecule has 0 unspecified atom stereocenters. The van der Waals surface area contributed by atoms with Gasteiger partial charge in [0.1, 0.15) is 0 Å². The molecule has 20 heavy (non-hydrogen) atoms. The van der Waals surface area contributed by atoms with E-state index in [9.17, 15) is 0 Å². The number of hydrogen-bond acceptors (Lipinski definition) is 2. The predicted octanol–water partition coefficient (Wildman–Crippen LogP) is 4.18. The molecule has 2 aromatic carbocycles. The van der Waals surface area contributed by atoms with Gasteiger partial charge in [-0.3, -0.25) is 10.0 Å². The molecule has 0 atom stereocenters. The molecule has 0 aromatic heterocycles. The fraction of sp³-hybridized carbons (Fsp3) is 0.333. The largest absolute Gasteiger partial charge is 0.280 e. The van der Waals surface area contributed by atoms with Crippen LogP contribution in [0.25, 0.3) is 0 Å². The van der Waals surface area contributed by atoms with Gasteiger partial charge in [-0.05, 0) is 62.1 Å². The van der Waals surface area contributed by atoms with Crippen LogP contribution in [-0.4, -0.2) is 0 Å². The first-order valence-electron chi connectivity index (χ1n) is 7.30. The van der Waals surface area contributed by atoms with E-state index >= 15 is 0 Å². The number of fused-ring (bicyclic) bond motifs is 5. The Morgan fingerprint density at radius 3 is 1.45 bits per heavy atom. The van der Waals surface area contributed by atoms with Crippen LogP contribution in [-0.2, 0) is 13.1 Å². The summed E-state index contributed by atoms with van der Waals surface area (Å²) in [5.74, 6) is 0. The molecule has 2 heterocycles. The zero-order chi connectivity index (χ0) is 14.0. The van der Waals surface area contributed by atoms with Crippen molar-refractivity contribution >= 4 is 11.4 Å². The van der Waals surface area contributed by atoms with E-state index in [-0.39, 0.29) is 0 Å². The quantitative estimate of drug-likeness (QED) is 0.704. The van der Waals surface area contributed by atoms with Crippen LogP contribution in [0.2, 0.25) is 0 Å². The van der Waals surface area contributed by atoms with Crippen molar-refractivity contribution in [2.75, 3.05) is 10.0 Å². The van der Waals surface area contributed by atoms with Crippen molar-refractivity contribution in [2.24, 2.45) is 0 Å². The first-order valence-corrected chi connectivity index (χ1v) is 7.30. The molecule has 102 valence electrons. The average Bonchev–Trinajstić information content (AvgIpc) is 2.87. The van der Waals surface area contributed by atoms with Gasteiger partial charge in [0.2, 0.25) is 0 Å². The van der Waals surface area contributed by atoms with Crippen LogP contribution < -0.4 is 10.0 Å². The molecule has 2 aromatic rings. The number of aryl methyl sites for hydroxylation is 4. The summed E-state index contributed by atoms with van der Waals surface area (Å²) in [5.41, 5.74) is 11.3. The van der Waals surface area contributed by atoms with Crippen LogP contribution in [0.5, 0.6) is 0 Å². The highest BCUT2D eigenvalue weighted by atomic mass is 15.7. The summed E-state index contributed by atoms with van der Waals surface area (Å²) in [4.78, 5) is 0. The molecule has 2 heteroatoms. The fourth-order valence-corrected chi connectivity index (χ4v) is 3.72. The van der Waals surface area contributed by atoms with Crippen LogP contribution >= 0.6 is 0 Å². The van der Waals surface area contributed by atoms with E-state index in [2.05, 4.69) is 62.0 Å². The van der Waals surface area contributed by atoms with E-state index < -0.39 is 0 Å². The highest BCUT2D eigenvalue weighted by molar-refractivity contribution is 5.76. The van der Waals surface area contributed by atoms with E-state index in [4.69, 9.17) is 0 Å². The van der Waals surface area contributed by atoms with Crippen molar-refractivity contribution in [2.45, 2.75) is 40.8 Å². The standard InChI is InChI=1S/C18H20N2/c1-11-5-13(3)15-9-20-18-8-12(2)6-14(4)16(18)10-19(20)17(15)7-11/h5-8H,9-10H2,1-4H3. The Hall–Kier alpha value is -1.96. The Morgan fingerprint density at radius 2 is 1.05 bits per heavy atom. The number of anilines is 2. The van der Waals surface area contributed by atoms with Gasteiger partial charge in [-0.15, -0.1) is 0 Å². The Bertz CT molecular complexity index is 667. The highest BCUT2D eigenvalue weighted by Gasteiger charge is 2.36. The number of benzene rings is 2. The minimum Gasteiger partial charge on any atom is -0.280 e. The lowest BCUT2D eigenvalue weighted by Crippen LogP contribution is -2.30. The van der Waals surface area contributed by atoms with E-state index in [1.165, 1.54) is 44.8 Å². The minimum absolute atomic E-state index is 1.01. The van der Waals surface area contributed by atoms with Gasteiger partial charge in [0.05, 0.1) is 24.5 Å². The van der Waals surface area contributed by atoms with Crippen molar-refractivity contribution in [1.82, 2.24) is 0 Å². The van der Waals surface area contributed by atoms with Gasteiger partial charge in [0, 0.05) is 11.1 Å². The molecule has 0 bridgehead atoms. The van der Waals surface area contributed by atoms with Gasteiger partial charge in [0.25, 0.3) is 0 Å². The summed E-state index contributed by atoms with van der Waals surface area (Å²) >= 11 is 0. The van der Waals surface area contributed by atoms with Crippen molar-refractivity contribution in [3.8, 4) is 0 Å². The van der Waals surface area contributed by atoms with Gasteiger partial charge in [-0.25, -0.2) is 0 Å². The zero-order valence-corrected chi connectivity index (χ0v) is 12.6. The molecule has 0 saturated carbocycles. The molecule has 2 nitrogen and oxygen atoms in total. The lowest BCUT2D eigenvalue weighted by Gasteiger charge is -2.24. The number of hydrazine groups is 1. The second-order valence-corrected chi connectivity index (χ2v) is 6.27. The molecule has 0 amide bonds. The highest BCUT2D eigenvalue weighted by Crippen LogP contribution is 2.45. The zero-order valence-electron chi connectivity index (χ0n) is 12.6. The number of nitrogens with zero attached hydrogens (tertiary/aromatic N) is 2. The first kappa shape index (κ1) is 11.8. The van der Waals surface area contributed by atoms with Crippen LogP contribution in [0, 0.1) is 27.7 Å². The van der Waals surface area contributed by atoms with Crippen LogP contribution in [0.4, 0.5) is 11.4 Å². The van der Waals surface area contributed by atoms with E-state index in [0.717, 1.165) is 13.1 Å². The Morgan fingerprint density at radius 1 is 0.650 bits per heavy atom. The lowest BCUT2D eigenvalue weighted by atomic mass is 10.0. The smallest absolute Gasteiger partial charge is 0.0670 e. The summed E-state index contributed by atoms with van der Waals surface area (Å²) in [6.45, 7) is 10.9. The van der Waals surface area contributed by atoms with Crippen LogP contribution in [0.15, 0.2) is 24.3 Å². The van der Waals surface area contributed by atoms with Gasteiger partial charge >= 0.3 is 0 Å². The van der Waals surface area contributed by atoms with Crippen molar-refractivity contribution in [3.63, 3.8) is 0 Å². The molecule has 0 radical (unpaired) electrons. The molecule has 0 saturated heterocycles. The van der Waals surface area contributed by atoms with E-state index in [0.29, 0.717) is 0 Å². The van der Waals surface area contributed by atoms with Crippen molar-refractivity contribution < 1.29 is 0 Å². The maximum atomic E-state index is 2.45. The topological polar surface area (TPSA) is 6.48 Å². The molecular formula is C18H20N2. The predicted molar refractivity (Wildman–Crippen MR) is 84.2 cm³/mol. The average molecular weight is 264 g/mol. The molecule has 0 N–H and O–H groups in total. The number of rotatable bonds is 0. The maximum absolute atomic E-state index is 2.45. The number of hydrogen-bond donors (Lipinski definition) is 0. The lowest BCUT2D eigenvalue weighted by molar-refractivity contribution is 0.816. The van der Waals surface area contributed by atoms with Crippen molar-refractivity contribution in [1.29, 1.82) is 0 Å². The van der Waals surface area contributed by atoms with E-state index in [1.54, 1.807) is 0 Å². The van der Waals surface area contributed by atoms with Crippen LogP contribution in [0.1, 0.15) is 33.4 Å². The second-order valence-electron chi connectivity index (χ2n) is 6.27. The normalized spacial score (nSPS) is 15.4. The summed E-state index contributed by atoms with van der Waals surface area (Å²) in [7, 11) is 0. The van der Waals surface area contributed by atoms with E-state index in [1.807, 2.05) is 0 Å². The third kappa shape index (κ3) is 1.45. The summed E-state index contributed by atoms with van der Waals surface area (Å²) < 4.78 is 0. The molecule has 0 spiro atoms. The molecule has 4 rings (SSSR count). The summed E-state index contributed by atoms with van der Waals surface area (Å²) in [5, 5.41) is 4.90. The van der Waals surface area contributed by atoms with Gasteiger partial charge in [-0.2, -0.15) is 0 Å². The van der Waals surface area contributed by atoms with Gasteiger partial charge in [-0.1, -0.05) is 12.1 Å². The van der Waals surface area contributed by atoms with Crippen LogP contribution in [0.3, 0.4) is 0 Å². The Balaban J connectivity index is 1.87. The molecule has 0 fully saturated rings.